The maximum Gasteiger partial charge on any atom is 0.332 e. The van der Waals surface area contributed by atoms with Crippen molar-refractivity contribution in [2.24, 2.45) is 5.73 Å². The summed E-state index contributed by atoms with van der Waals surface area (Å²) in [5.74, 6) is -1.50. The highest BCUT2D eigenvalue weighted by Crippen LogP contribution is 1.96. The van der Waals surface area contributed by atoms with E-state index < -0.39 is 17.0 Å². The van der Waals surface area contributed by atoms with Crippen molar-refractivity contribution in [3.05, 3.63) is 10.1 Å². The maximum absolute atomic E-state index is 10.5. The van der Waals surface area contributed by atoms with E-state index in [1.54, 1.807) is 5.43 Å². The summed E-state index contributed by atoms with van der Waals surface area (Å²) < 4.78 is 0. The number of guanidine groups is 1. The highest BCUT2D eigenvalue weighted by Gasteiger charge is 2.21. The number of aliphatic hydroxyl groups excluding tert-OH is 1. The number of hydrogen-bond acceptors (Lipinski definition) is 5. The molecule has 0 aliphatic heterocycles. The largest absolute Gasteiger partial charge is 0.480 e. The van der Waals surface area contributed by atoms with Crippen LogP contribution >= 0.6 is 0 Å². The van der Waals surface area contributed by atoms with Crippen molar-refractivity contribution in [1.29, 1.82) is 5.41 Å². The SMILES string of the molecule is CCCO.N=C(N)NCCCC(N[N+](=O)[O-])C(=O)O. The van der Waals surface area contributed by atoms with Crippen molar-refractivity contribution in [3.8, 4) is 0 Å². The molecular formula is C9H21N5O5. The van der Waals surface area contributed by atoms with Gasteiger partial charge in [0.1, 0.15) is 0 Å². The zero-order valence-corrected chi connectivity index (χ0v) is 10.8. The van der Waals surface area contributed by atoms with E-state index in [0.717, 1.165) is 6.42 Å². The van der Waals surface area contributed by atoms with Gasteiger partial charge in [-0.25, -0.2) is 14.9 Å². The Morgan fingerprint density at radius 3 is 2.42 bits per heavy atom. The standard InChI is InChI=1S/C6H13N5O4.C3H8O/c7-6(8)9-3-1-2-4(5(12)13)10-11(14)15;1-2-3-4/h4,10H,1-3H2,(H,12,13)(H4,7,8,9);4H,2-3H2,1H3. The van der Waals surface area contributed by atoms with Crippen molar-refractivity contribution < 1.29 is 20.0 Å². The molecule has 1 atom stereocenters. The topological polar surface area (TPSA) is 175 Å². The van der Waals surface area contributed by atoms with Gasteiger partial charge in [-0.15, -0.1) is 5.43 Å². The first kappa shape index (κ1) is 19.2. The summed E-state index contributed by atoms with van der Waals surface area (Å²) in [7, 11) is 0. The van der Waals surface area contributed by atoms with E-state index in [-0.39, 0.29) is 12.4 Å². The Balaban J connectivity index is 0. The minimum absolute atomic E-state index is 0.0800. The van der Waals surface area contributed by atoms with Crippen LogP contribution in [0.3, 0.4) is 0 Å². The fraction of sp³-hybridized carbons (Fsp3) is 0.778. The molecule has 0 aromatic rings. The molecule has 0 aliphatic carbocycles. The molecule has 0 amide bonds. The summed E-state index contributed by atoms with van der Waals surface area (Å²) in [4.78, 5) is 20.5. The van der Waals surface area contributed by atoms with E-state index in [9.17, 15) is 14.9 Å². The average Bonchev–Trinajstić information content (AvgIpc) is 2.32. The zero-order chi connectivity index (χ0) is 15.3. The van der Waals surface area contributed by atoms with Crippen LogP contribution in [0.1, 0.15) is 26.2 Å². The number of carbonyl (C=O) groups is 1. The molecule has 1 unspecified atom stereocenters. The Hall–Kier alpha value is -2.10. The molecule has 112 valence electrons. The van der Waals surface area contributed by atoms with Gasteiger partial charge in [0.15, 0.2) is 17.0 Å². The number of carboxylic acid groups (broad SMARTS) is 1. The van der Waals surface area contributed by atoms with Crippen molar-refractivity contribution in [2.45, 2.75) is 32.2 Å². The van der Waals surface area contributed by atoms with Gasteiger partial charge in [0.25, 0.3) is 0 Å². The normalized spacial score (nSPS) is 10.6. The molecule has 0 saturated carbocycles. The lowest BCUT2D eigenvalue weighted by Crippen LogP contribution is -2.41. The third kappa shape index (κ3) is 15.9. The molecule has 0 fully saturated rings. The Morgan fingerprint density at radius 1 is 1.58 bits per heavy atom. The fourth-order valence-corrected chi connectivity index (χ4v) is 0.900. The highest BCUT2D eigenvalue weighted by molar-refractivity contribution is 5.74. The summed E-state index contributed by atoms with van der Waals surface area (Å²) in [5, 5.41) is 34.8. The van der Waals surface area contributed by atoms with Crippen LogP contribution in [0.2, 0.25) is 0 Å². The van der Waals surface area contributed by atoms with Crippen molar-refractivity contribution >= 4 is 11.9 Å². The highest BCUT2D eigenvalue weighted by atomic mass is 16.7. The van der Waals surface area contributed by atoms with Crippen LogP contribution in [0.4, 0.5) is 0 Å². The third-order valence-electron chi connectivity index (χ3n) is 1.77. The average molecular weight is 279 g/mol. The number of aliphatic hydroxyl groups is 1. The quantitative estimate of drug-likeness (QED) is 0.106. The van der Waals surface area contributed by atoms with E-state index in [1.165, 1.54) is 0 Å². The van der Waals surface area contributed by atoms with Gasteiger partial charge in [0.2, 0.25) is 0 Å². The molecule has 19 heavy (non-hydrogen) atoms. The first-order valence-corrected chi connectivity index (χ1v) is 5.67. The van der Waals surface area contributed by atoms with Gasteiger partial charge in [-0.05, 0) is 19.3 Å². The second kappa shape index (κ2) is 12.4. The van der Waals surface area contributed by atoms with Crippen molar-refractivity contribution in [1.82, 2.24) is 10.7 Å². The molecule has 0 radical (unpaired) electrons. The van der Waals surface area contributed by atoms with Crippen LogP contribution in [-0.4, -0.2) is 46.4 Å². The first-order chi connectivity index (χ1) is 8.84. The molecule has 0 saturated heterocycles. The monoisotopic (exact) mass is 279 g/mol. The Morgan fingerprint density at radius 2 is 2.11 bits per heavy atom. The molecule has 0 heterocycles. The second-order valence-electron chi connectivity index (χ2n) is 3.48. The zero-order valence-electron chi connectivity index (χ0n) is 10.8. The molecule has 0 bridgehead atoms. The molecule has 10 nitrogen and oxygen atoms in total. The lowest BCUT2D eigenvalue weighted by Gasteiger charge is -2.09. The molecule has 0 aromatic carbocycles. The summed E-state index contributed by atoms with van der Waals surface area (Å²) >= 11 is 0. The number of nitrogens with one attached hydrogen (secondary N) is 3. The lowest BCUT2D eigenvalue weighted by atomic mass is 10.1. The summed E-state index contributed by atoms with van der Waals surface area (Å²) in [5.41, 5.74) is 6.66. The van der Waals surface area contributed by atoms with E-state index >= 15 is 0 Å². The van der Waals surface area contributed by atoms with E-state index in [2.05, 4.69) is 5.32 Å². The van der Waals surface area contributed by atoms with Gasteiger partial charge in [0.05, 0.1) is 0 Å². The van der Waals surface area contributed by atoms with Gasteiger partial charge < -0.3 is 21.3 Å². The van der Waals surface area contributed by atoms with E-state index in [4.69, 9.17) is 21.4 Å². The molecule has 10 heteroatoms. The lowest BCUT2D eigenvalue weighted by molar-refractivity contribution is -0.549. The maximum atomic E-state index is 10.5. The summed E-state index contributed by atoms with van der Waals surface area (Å²) in [6.45, 7) is 2.55. The van der Waals surface area contributed by atoms with Crippen LogP contribution in [0, 0.1) is 15.5 Å². The Bertz CT molecular complexity index is 284. The second-order valence-corrected chi connectivity index (χ2v) is 3.48. The van der Waals surface area contributed by atoms with Gasteiger partial charge in [-0.2, -0.15) is 0 Å². The number of hydrazine groups is 1. The Kier molecular flexibility index (Phi) is 12.5. The molecule has 0 aliphatic rings. The minimum Gasteiger partial charge on any atom is -0.480 e. The summed E-state index contributed by atoms with van der Waals surface area (Å²) in [6, 6.07) is -1.23. The van der Waals surface area contributed by atoms with E-state index in [1.807, 2.05) is 6.92 Å². The van der Waals surface area contributed by atoms with E-state index in [0.29, 0.717) is 19.6 Å². The number of nitrogens with zero attached hydrogens (tertiary/aromatic N) is 1. The smallest absolute Gasteiger partial charge is 0.332 e. The van der Waals surface area contributed by atoms with Crippen LogP contribution in [0.15, 0.2) is 0 Å². The predicted octanol–water partition coefficient (Wildman–Crippen LogP) is -1.13. The number of nitro groups is 1. The number of carboxylic acids is 1. The van der Waals surface area contributed by atoms with Gasteiger partial charge in [0, 0.05) is 13.2 Å². The van der Waals surface area contributed by atoms with Crippen molar-refractivity contribution in [2.75, 3.05) is 13.2 Å². The van der Waals surface area contributed by atoms with Crippen LogP contribution < -0.4 is 16.5 Å². The number of hydrogen-bond donors (Lipinski definition) is 6. The Labute approximate surface area is 110 Å². The molecule has 0 spiro atoms. The van der Waals surface area contributed by atoms with Gasteiger partial charge in [-0.3, -0.25) is 5.41 Å². The fourth-order valence-electron chi connectivity index (χ4n) is 0.900. The van der Waals surface area contributed by atoms with Gasteiger partial charge in [-0.1, -0.05) is 6.92 Å². The number of rotatable bonds is 8. The molecule has 0 aromatic heterocycles. The predicted molar refractivity (Wildman–Crippen MR) is 68.1 cm³/mol. The van der Waals surface area contributed by atoms with Crippen LogP contribution in [-0.2, 0) is 4.79 Å². The summed E-state index contributed by atoms with van der Waals surface area (Å²) in [6.07, 6.45) is 1.31. The van der Waals surface area contributed by atoms with Crippen LogP contribution in [0.25, 0.3) is 0 Å². The first-order valence-electron chi connectivity index (χ1n) is 5.67. The van der Waals surface area contributed by atoms with Crippen LogP contribution in [0.5, 0.6) is 0 Å². The molecule has 0 rings (SSSR count). The third-order valence-corrected chi connectivity index (χ3v) is 1.77. The minimum atomic E-state index is -1.28. The number of nitrogens with two attached hydrogens (primary N) is 1. The molecule has 7 N–H and O–H groups in total. The molecular weight excluding hydrogens is 258 g/mol. The van der Waals surface area contributed by atoms with Crippen molar-refractivity contribution in [3.63, 3.8) is 0 Å². The van der Waals surface area contributed by atoms with Gasteiger partial charge >= 0.3 is 5.97 Å². The number of aliphatic carboxylic acids is 1.